The molecule has 1 saturated heterocycles. The fourth-order valence-electron chi connectivity index (χ4n) is 2.69. The molecule has 0 bridgehead atoms. The fourth-order valence-corrected chi connectivity index (χ4v) is 2.69. The Morgan fingerprint density at radius 2 is 2.05 bits per heavy atom. The standard InChI is InChI=1S/C16H17N3O2/c1-19-14(11-5-3-2-4-6-11)10-13(18-19)9-12-7-8-15(20)17-16(12)21/h2-6,10,12H,7-9H2,1H3,(H,17,20,21). The maximum absolute atomic E-state index is 11.8. The van der Waals surface area contributed by atoms with E-state index in [4.69, 9.17) is 0 Å². The van der Waals surface area contributed by atoms with E-state index < -0.39 is 0 Å². The van der Waals surface area contributed by atoms with Gasteiger partial charge in [-0.3, -0.25) is 19.6 Å². The number of imide groups is 1. The summed E-state index contributed by atoms with van der Waals surface area (Å²) in [5.74, 6) is -0.526. The minimum absolute atomic E-state index is 0.166. The maximum Gasteiger partial charge on any atom is 0.230 e. The van der Waals surface area contributed by atoms with Gasteiger partial charge in [-0.05, 0) is 18.1 Å². The van der Waals surface area contributed by atoms with Gasteiger partial charge in [0.2, 0.25) is 11.8 Å². The van der Waals surface area contributed by atoms with Crippen molar-refractivity contribution in [2.24, 2.45) is 13.0 Å². The second kappa shape index (κ2) is 5.52. The third kappa shape index (κ3) is 2.86. The van der Waals surface area contributed by atoms with E-state index in [9.17, 15) is 9.59 Å². The van der Waals surface area contributed by atoms with E-state index in [2.05, 4.69) is 10.4 Å². The number of benzene rings is 1. The second-order valence-corrected chi connectivity index (χ2v) is 5.36. The molecule has 1 aliphatic rings. The van der Waals surface area contributed by atoms with Crippen LogP contribution in [-0.2, 0) is 23.1 Å². The number of piperidine rings is 1. The van der Waals surface area contributed by atoms with Gasteiger partial charge in [-0.2, -0.15) is 5.10 Å². The Morgan fingerprint density at radius 1 is 1.29 bits per heavy atom. The molecule has 1 unspecified atom stereocenters. The molecule has 5 heteroatoms. The predicted octanol–water partition coefficient (Wildman–Crippen LogP) is 1.68. The number of hydrogen-bond acceptors (Lipinski definition) is 3. The normalized spacial score (nSPS) is 18.6. The van der Waals surface area contributed by atoms with Crippen molar-refractivity contribution in [2.45, 2.75) is 19.3 Å². The topological polar surface area (TPSA) is 64.0 Å². The first kappa shape index (κ1) is 13.5. The fraction of sp³-hybridized carbons (Fsp3) is 0.312. The lowest BCUT2D eigenvalue weighted by Gasteiger charge is -2.19. The van der Waals surface area contributed by atoms with Crippen LogP contribution in [0.15, 0.2) is 36.4 Å². The molecule has 1 aromatic heterocycles. The summed E-state index contributed by atoms with van der Waals surface area (Å²) in [6, 6.07) is 12.0. The molecule has 1 aromatic carbocycles. The highest BCUT2D eigenvalue weighted by molar-refractivity contribution is 5.98. The summed E-state index contributed by atoms with van der Waals surface area (Å²) in [6.45, 7) is 0. The molecule has 5 nitrogen and oxygen atoms in total. The molecule has 2 heterocycles. The van der Waals surface area contributed by atoms with Crippen molar-refractivity contribution in [1.29, 1.82) is 0 Å². The highest BCUT2D eigenvalue weighted by Crippen LogP contribution is 2.23. The van der Waals surface area contributed by atoms with Crippen molar-refractivity contribution >= 4 is 11.8 Å². The molecular formula is C16H17N3O2. The molecule has 1 N–H and O–H groups in total. The van der Waals surface area contributed by atoms with Crippen molar-refractivity contribution in [3.05, 3.63) is 42.1 Å². The van der Waals surface area contributed by atoms with Gasteiger partial charge in [0.15, 0.2) is 0 Å². The Morgan fingerprint density at radius 3 is 2.76 bits per heavy atom. The zero-order valence-electron chi connectivity index (χ0n) is 11.9. The first-order chi connectivity index (χ1) is 10.1. The highest BCUT2D eigenvalue weighted by Gasteiger charge is 2.27. The van der Waals surface area contributed by atoms with Crippen LogP contribution in [0.5, 0.6) is 0 Å². The highest BCUT2D eigenvalue weighted by atomic mass is 16.2. The Labute approximate surface area is 123 Å². The summed E-state index contributed by atoms with van der Waals surface area (Å²) >= 11 is 0. The quantitative estimate of drug-likeness (QED) is 0.872. The van der Waals surface area contributed by atoms with Gasteiger partial charge in [0.25, 0.3) is 0 Å². The van der Waals surface area contributed by atoms with Crippen LogP contribution >= 0.6 is 0 Å². The number of rotatable bonds is 3. The summed E-state index contributed by atoms with van der Waals surface area (Å²) in [5, 5.41) is 6.88. The number of carbonyl (C=O) groups excluding carboxylic acids is 2. The minimum atomic E-state index is -0.182. The zero-order chi connectivity index (χ0) is 14.8. The van der Waals surface area contributed by atoms with Gasteiger partial charge in [0.1, 0.15) is 0 Å². The van der Waals surface area contributed by atoms with Gasteiger partial charge in [-0.1, -0.05) is 30.3 Å². The first-order valence-corrected chi connectivity index (χ1v) is 7.05. The molecule has 0 spiro atoms. The molecule has 108 valence electrons. The van der Waals surface area contributed by atoms with Crippen molar-refractivity contribution in [3.63, 3.8) is 0 Å². The van der Waals surface area contributed by atoms with Crippen molar-refractivity contribution in [2.75, 3.05) is 0 Å². The molecule has 0 saturated carbocycles. The smallest absolute Gasteiger partial charge is 0.230 e. The molecule has 2 aromatic rings. The Hall–Kier alpha value is -2.43. The summed E-state index contributed by atoms with van der Waals surface area (Å²) in [7, 11) is 1.90. The van der Waals surface area contributed by atoms with E-state index >= 15 is 0 Å². The van der Waals surface area contributed by atoms with Gasteiger partial charge in [0, 0.05) is 25.8 Å². The molecule has 1 fully saturated rings. The number of carbonyl (C=O) groups is 2. The van der Waals surface area contributed by atoms with Crippen LogP contribution in [0, 0.1) is 5.92 Å². The average molecular weight is 283 g/mol. The van der Waals surface area contributed by atoms with E-state index in [1.165, 1.54) is 0 Å². The van der Waals surface area contributed by atoms with Crippen molar-refractivity contribution in [1.82, 2.24) is 15.1 Å². The lowest BCUT2D eigenvalue weighted by Crippen LogP contribution is -2.41. The van der Waals surface area contributed by atoms with E-state index in [-0.39, 0.29) is 17.7 Å². The van der Waals surface area contributed by atoms with Crippen molar-refractivity contribution in [3.8, 4) is 11.3 Å². The van der Waals surface area contributed by atoms with Gasteiger partial charge >= 0.3 is 0 Å². The SMILES string of the molecule is Cn1nc(CC2CCC(=O)NC2=O)cc1-c1ccccc1. The Bertz CT molecular complexity index is 676. The maximum atomic E-state index is 11.8. The number of aryl methyl sites for hydroxylation is 1. The second-order valence-electron chi connectivity index (χ2n) is 5.36. The number of amides is 2. The molecule has 21 heavy (non-hydrogen) atoms. The largest absolute Gasteiger partial charge is 0.296 e. The summed E-state index contributed by atoms with van der Waals surface area (Å²) in [4.78, 5) is 23.0. The van der Waals surface area contributed by atoms with E-state index in [1.54, 1.807) is 0 Å². The summed E-state index contributed by atoms with van der Waals surface area (Å²) < 4.78 is 1.83. The predicted molar refractivity (Wildman–Crippen MR) is 78.2 cm³/mol. The zero-order valence-corrected chi connectivity index (χ0v) is 11.9. The lowest BCUT2D eigenvalue weighted by molar-refractivity contribution is -0.136. The molecule has 0 radical (unpaired) electrons. The number of nitrogens with zero attached hydrogens (tertiary/aromatic N) is 2. The number of nitrogens with one attached hydrogen (secondary N) is 1. The third-order valence-corrected chi connectivity index (χ3v) is 3.81. The summed E-state index contributed by atoms with van der Waals surface area (Å²) in [5.41, 5.74) is 3.01. The molecular weight excluding hydrogens is 266 g/mol. The van der Waals surface area contributed by atoms with Gasteiger partial charge in [-0.15, -0.1) is 0 Å². The molecule has 1 atom stereocenters. The molecule has 0 aliphatic carbocycles. The van der Waals surface area contributed by atoms with Crippen LogP contribution in [0.1, 0.15) is 18.5 Å². The first-order valence-electron chi connectivity index (χ1n) is 7.05. The van der Waals surface area contributed by atoms with Crippen LogP contribution in [0.4, 0.5) is 0 Å². The van der Waals surface area contributed by atoms with Gasteiger partial charge < -0.3 is 0 Å². The van der Waals surface area contributed by atoms with Crippen LogP contribution in [0.25, 0.3) is 11.3 Å². The van der Waals surface area contributed by atoms with Crippen LogP contribution in [0.3, 0.4) is 0 Å². The Kier molecular flexibility index (Phi) is 3.56. The van der Waals surface area contributed by atoms with Crippen LogP contribution in [0.2, 0.25) is 0 Å². The number of aromatic nitrogens is 2. The van der Waals surface area contributed by atoms with E-state index in [0.717, 1.165) is 17.0 Å². The van der Waals surface area contributed by atoms with Crippen LogP contribution < -0.4 is 5.32 Å². The number of hydrogen-bond donors (Lipinski definition) is 1. The van der Waals surface area contributed by atoms with Gasteiger partial charge in [-0.25, -0.2) is 0 Å². The molecule has 2 amide bonds. The minimum Gasteiger partial charge on any atom is -0.296 e. The van der Waals surface area contributed by atoms with E-state index in [0.29, 0.717) is 19.3 Å². The molecule has 3 rings (SSSR count). The lowest BCUT2D eigenvalue weighted by atomic mass is 9.93. The monoisotopic (exact) mass is 283 g/mol. The Balaban J connectivity index is 1.79. The van der Waals surface area contributed by atoms with Crippen LogP contribution in [-0.4, -0.2) is 21.6 Å². The third-order valence-electron chi connectivity index (χ3n) is 3.81. The average Bonchev–Trinajstić information content (AvgIpc) is 2.84. The molecule has 1 aliphatic heterocycles. The summed E-state index contributed by atoms with van der Waals surface area (Å²) in [6.07, 6.45) is 1.58. The van der Waals surface area contributed by atoms with E-state index in [1.807, 2.05) is 48.1 Å². The van der Waals surface area contributed by atoms with Gasteiger partial charge in [0.05, 0.1) is 11.4 Å². The van der Waals surface area contributed by atoms with Crippen molar-refractivity contribution < 1.29 is 9.59 Å².